The zero-order valence-corrected chi connectivity index (χ0v) is 26.7. The lowest BCUT2D eigenvalue weighted by atomic mass is 9.81. The lowest BCUT2D eigenvalue weighted by Gasteiger charge is -2.33. The molecule has 1 N–H and O–H groups in total. The van der Waals surface area contributed by atoms with Crippen LogP contribution in [-0.2, 0) is 24.2 Å². The zero-order chi connectivity index (χ0) is 31.3. The van der Waals surface area contributed by atoms with Gasteiger partial charge in [0.2, 0.25) is 17.7 Å². The molecule has 2 amide bonds. The van der Waals surface area contributed by atoms with Gasteiger partial charge in [0, 0.05) is 23.1 Å². The van der Waals surface area contributed by atoms with E-state index in [1.807, 2.05) is 58.9 Å². The molecule has 2 aliphatic carbocycles. The molecule has 1 aliphatic heterocycles. The maximum atomic E-state index is 14.0. The SMILES string of the molecule is CC[C@@H]1C[C@]1(NC(=O)[C@@H]1C[C@@H](Oc2ncc(OC)c3ccccc23)CN1C(=O)[C@@H](C)C(C)(C)C)C(=O)CS(=O)(=O)C1CC1. The number of ether oxygens (including phenoxy) is 2. The van der Waals surface area contributed by atoms with Crippen LogP contribution >= 0.6 is 0 Å². The third-order valence-electron chi connectivity index (χ3n) is 9.54. The molecule has 0 unspecified atom stereocenters. The lowest BCUT2D eigenvalue weighted by molar-refractivity contribution is -0.144. The molecule has 2 saturated carbocycles. The van der Waals surface area contributed by atoms with E-state index in [0.29, 0.717) is 37.3 Å². The van der Waals surface area contributed by atoms with E-state index in [9.17, 15) is 22.8 Å². The topological polar surface area (TPSA) is 132 Å². The van der Waals surface area contributed by atoms with Crippen molar-refractivity contribution in [1.82, 2.24) is 15.2 Å². The van der Waals surface area contributed by atoms with Crippen molar-refractivity contribution in [3.8, 4) is 11.6 Å². The molecule has 3 fully saturated rings. The van der Waals surface area contributed by atoms with Crippen molar-refractivity contribution in [3.63, 3.8) is 0 Å². The highest BCUT2D eigenvalue weighted by molar-refractivity contribution is 7.93. The van der Waals surface area contributed by atoms with Gasteiger partial charge in [-0.05, 0) is 36.7 Å². The third kappa shape index (κ3) is 6.10. The van der Waals surface area contributed by atoms with E-state index in [1.54, 1.807) is 18.2 Å². The molecule has 1 saturated heterocycles. The number of aromatic nitrogens is 1. The van der Waals surface area contributed by atoms with Crippen LogP contribution in [-0.4, -0.2) is 78.2 Å². The fourth-order valence-electron chi connectivity index (χ4n) is 6.10. The summed E-state index contributed by atoms with van der Waals surface area (Å²) >= 11 is 0. The number of ketones is 1. The van der Waals surface area contributed by atoms with E-state index >= 15 is 0 Å². The molecular weight excluding hydrogens is 570 g/mol. The number of Topliss-reactive ketones (excluding diaryl/α,β-unsaturated/α-hetero) is 1. The summed E-state index contributed by atoms with van der Waals surface area (Å²) in [6.07, 6.45) is 3.45. The Bertz CT molecular complexity index is 1530. The third-order valence-corrected chi connectivity index (χ3v) is 11.7. The van der Waals surface area contributed by atoms with Crippen LogP contribution in [0.1, 0.15) is 66.7 Å². The molecule has 43 heavy (non-hydrogen) atoms. The summed E-state index contributed by atoms with van der Waals surface area (Å²) in [5.74, 6) is -1.19. The Hall–Kier alpha value is -3.21. The van der Waals surface area contributed by atoms with Crippen molar-refractivity contribution in [2.24, 2.45) is 17.3 Å². The van der Waals surface area contributed by atoms with Crippen LogP contribution in [0, 0.1) is 17.3 Å². The first-order valence-corrected chi connectivity index (χ1v) is 16.9. The number of nitrogens with one attached hydrogen (secondary N) is 1. The number of fused-ring (bicyclic) bond motifs is 1. The Morgan fingerprint density at radius 1 is 1.16 bits per heavy atom. The van der Waals surface area contributed by atoms with E-state index in [4.69, 9.17) is 9.47 Å². The molecular formula is C32H43N3O7S. The van der Waals surface area contributed by atoms with Gasteiger partial charge in [0.15, 0.2) is 15.6 Å². The van der Waals surface area contributed by atoms with E-state index in [2.05, 4.69) is 10.3 Å². The molecule has 234 valence electrons. The van der Waals surface area contributed by atoms with E-state index < -0.39 is 50.2 Å². The summed E-state index contributed by atoms with van der Waals surface area (Å²) < 4.78 is 37.1. The number of rotatable bonds is 11. The molecule has 5 rings (SSSR count). The summed E-state index contributed by atoms with van der Waals surface area (Å²) in [5.41, 5.74) is -1.56. The number of likely N-dealkylation sites (tertiary alicyclic amines) is 1. The molecule has 3 aliphatic rings. The molecule has 0 spiro atoms. The number of methoxy groups -OCH3 is 1. The number of pyridine rings is 1. The number of hydrogen-bond acceptors (Lipinski definition) is 8. The molecule has 2 aromatic rings. The fraction of sp³-hybridized carbons (Fsp3) is 0.625. The Balaban J connectivity index is 1.40. The van der Waals surface area contributed by atoms with E-state index in [1.165, 1.54) is 0 Å². The van der Waals surface area contributed by atoms with Crippen LogP contribution in [0.3, 0.4) is 0 Å². The maximum Gasteiger partial charge on any atom is 0.243 e. The van der Waals surface area contributed by atoms with Gasteiger partial charge in [-0.15, -0.1) is 0 Å². The van der Waals surface area contributed by atoms with Gasteiger partial charge in [-0.1, -0.05) is 59.2 Å². The summed E-state index contributed by atoms with van der Waals surface area (Å²) in [7, 11) is -1.96. The monoisotopic (exact) mass is 613 g/mol. The van der Waals surface area contributed by atoms with Gasteiger partial charge in [-0.3, -0.25) is 14.4 Å². The van der Waals surface area contributed by atoms with E-state index in [-0.39, 0.29) is 36.1 Å². The summed E-state index contributed by atoms with van der Waals surface area (Å²) in [6, 6.07) is 6.69. The second-order valence-electron chi connectivity index (χ2n) is 13.4. The van der Waals surface area contributed by atoms with Crippen LogP contribution in [0.2, 0.25) is 0 Å². The molecule has 1 aromatic carbocycles. The Kier molecular flexibility index (Phi) is 8.26. The van der Waals surface area contributed by atoms with Crippen molar-refractivity contribution in [2.75, 3.05) is 19.4 Å². The van der Waals surface area contributed by atoms with Crippen molar-refractivity contribution in [3.05, 3.63) is 30.5 Å². The first kappa shape index (κ1) is 31.2. The largest absolute Gasteiger partial charge is 0.494 e. The summed E-state index contributed by atoms with van der Waals surface area (Å²) in [4.78, 5) is 47.2. The van der Waals surface area contributed by atoms with Crippen LogP contribution in [0.5, 0.6) is 11.6 Å². The zero-order valence-electron chi connectivity index (χ0n) is 25.9. The van der Waals surface area contributed by atoms with Crippen molar-refractivity contribution >= 4 is 38.2 Å². The van der Waals surface area contributed by atoms with Gasteiger partial charge in [0.1, 0.15) is 29.2 Å². The summed E-state index contributed by atoms with van der Waals surface area (Å²) in [5, 5.41) is 4.08. The van der Waals surface area contributed by atoms with Crippen molar-refractivity contribution < 1.29 is 32.3 Å². The highest BCUT2D eigenvalue weighted by atomic mass is 32.2. The minimum atomic E-state index is -3.54. The van der Waals surface area contributed by atoms with Crippen LogP contribution < -0.4 is 14.8 Å². The van der Waals surface area contributed by atoms with Crippen LogP contribution in [0.4, 0.5) is 0 Å². The minimum Gasteiger partial charge on any atom is -0.494 e. The second-order valence-corrected chi connectivity index (χ2v) is 15.7. The smallest absolute Gasteiger partial charge is 0.243 e. The van der Waals surface area contributed by atoms with Gasteiger partial charge in [0.05, 0.1) is 25.1 Å². The molecule has 1 aromatic heterocycles. The standard InChI is InChI=1S/C32H43N3O7S/c1-7-20-15-32(20,27(36)18-43(39,40)22-12-13-22)34-28(37)25-14-21(17-35(25)30(38)19(2)31(3,4)5)42-29-24-11-9-8-10-23(24)26(41-6)16-33-29/h8-11,16,19-22,25H,7,12-15,17-18H2,1-6H3,(H,34,37)/t19-,20-,21-,25+,32-/m1/s1. The first-order chi connectivity index (χ1) is 20.2. The number of sulfone groups is 1. The van der Waals surface area contributed by atoms with E-state index in [0.717, 1.165) is 10.8 Å². The molecule has 10 nitrogen and oxygen atoms in total. The fourth-order valence-corrected chi connectivity index (χ4v) is 7.81. The Morgan fingerprint density at radius 3 is 2.42 bits per heavy atom. The van der Waals surface area contributed by atoms with Gasteiger partial charge < -0.3 is 19.7 Å². The van der Waals surface area contributed by atoms with Crippen LogP contribution in [0.25, 0.3) is 10.8 Å². The average molecular weight is 614 g/mol. The van der Waals surface area contributed by atoms with Gasteiger partial charge in [-0.25, -0.2) is 13.4 Å². The first-order valence-electron chi connectivity index (χ1n) is 15.2. The quantitative estimate of drug-likeness (QED) is 0.406. The maximum absolute atomic E-state index is 14.0. The summed E-state index contributed by atoms with van der Waals surface area (Å²) in [6.45, 7) is 9.89. The number of amides is 2. The van der Waals surface area contributed by atoms with Crippen LogP contribution in [0.15, 0.2) is 30.5 Å². The number of carbonyl (C=O) groups excluding carboxylic acids is 3. The average Bonchev–Trinajstić information content (AvgIpc) is 3.89. The highest BCUT2D eigenvalue weighted by Crippen LogP contribution is 2.48. The number of hydrogen-bond donors (Lipinski definition) is 1. The normalized spacial score (nSPS) is 26.2. The van der Waals surface area contributed by atoms with Crippen molar-refractivity contribution in [2.45, 2.75) is 89.7 Å². The van der Waals surface area contributed by atoms with Crippen molar-refractivity contribution in [1.29, 1.82) is 0 Å². The predicted molar refractivity (Wildman–Crippen MR) is 163 cm³/mol. The van der Waals surface area contributed by atoms with Gasteiger partial charge in [-0.2, -0.15) is 0 Å². The molecule has 2 heterocycles. The number of benzene rings is 1. The second kappa shape index (κ2) is 11.4. The Morgan fingerprint density at radius 2 is 1.84 bits per heavy atom. The lowest BCUT2D eigenvalue weighted by Crippen LogP contribution is -2.55. The molecule has 0 bridgehead atoms. The minimum absolute atomic E-state index is 0.140. The predicted octanol–water partition coefficient (Wildman–Crippen LogP) is 3.71. The number of carbonyl (C=O) groups is 3. The van der Waals surface area contributed by atoms with Gasteiger partial charge in [0.25, 0.3) is 0 Å². The molecule has 5 atom stereocenters. The highest BCUT2D eigenvalue weighted by Gasteiger charge is 2.61. The molecule has 11 heteroatoms. The van der Waals surface area contributed by atoms with Gasteiger partial charge >= 0.3 is 0 Å². The number of nitrogens with zero attached hydrogens (tertiary/aromatic N) is 2. The Labute approximate surface area is 253 Å². The molecule has 0 radical (unpaired) electrons.